The van der Waals surface area contributed by atoms with E-state index in [1.807, 2.05) is 13.8 Å². The number of nitrogens with zero attached hydrogens (tertiary/aromatic N) is 2. The Morgan fingerprint density at radius 2 is 1.89 bits per heavy atom. The Kier molecular flexibility index (Phi) is 4.13. The quantitative estimate of drug-likeness (QED) is 0.800. The van der Waals surface area contributed by atoms with Crippen molar-refractivity contribution in [2.45, 2.75) is 52.1 Å². The minimum Gasteiger partial charge on any atom is -0.342 e. The molecule has 5 nitrogen and oxygen atoms in total. The average molecular weight is 266 g/mol. The van der Waals surface area contributed by atoms with Gasteiger partial charge in [-0.25, -0.2) is 0 Å². The Hall–Kier alpha value is -1.10. The lowest BCUT2D eigenvalue weighted by Crippen LogP contribution is -2.55. The van der Waals surface area contributed by atoms with Crippen LogP contribution in [0.4, 0.5) is 0 Å². The second-order valence-electron chi connectivity index (χ2n) is 6.43. The van der Waals surface area contributed by atoms with Crippen molar-refractivity contribution in [3.63, 3.8) is 0 Å². The molecular formula is C14H26N4O. The molecule has 2 N–H and O–H groups in total. The highest BCUT2D eigenvalue weighted by Gasteiger charge is 2.46. The van der Waals surface area contributed by atoms with Gasteiger partial charge < -0.3 is 10.2 Å². The summed E-state index contributed by atoms with van der Waals surface area (Å²) < 4.78 is 0. The highest BCUT2D eigenvalue weighted by Crippen LogP contribution is 2.26. The van der Waals surface area contributed by atoms with Gasteiger partial charge in [0.05, 0.1) is 0 Å². The lowest BCUT2D eigenvalue weighted by atomic mass is 9.87. The molecule has 0 aromatic rings. The molecule has 108 valence electrons. The Bertz CT molecular complexity index is 368. The van der Waals surface area contributed by atoms with Crippen molar-refractivity contribution in [3.05, 3.63) is 0 Å². The Labute approximate surface area is 115 Å². The summed E-state index contributed by atoms with van der Waals surface area (Å²) in [6.45, 7) is 11.6. The number of guanidine groups is 1. The van der Waals surface area contributed by atoms with Gasteiger partial charge in [0, 0.05) is 25.7 Å². The van der Waals surface area contributed by atoms with E-state index < -0.39 is 5.54 Å². The van der Waals surface area contributed by atoms with Crippen LogP contribution in [-0.4, -0.2) is 48.0 Å². The smallest absolute Gasteiger partial charge is 0.252 e. The molecule has 5 heteroatoms. The van der Waals surface area contributed by atoms with Crippen LogP contribution in [0.5, 0.6) is 0 Å². The SMILES string of the molecule is CC(C)CN1CCC2(CC1)NC(=NC(C)C)NC2=O. The topological polar surface area (TPSA) is 56.7 Å². The normalized spacial score (nSPS) is 25.4. The predicted molar refractivity (Wildman–Crippen MR) is 77.1 cm³/mol. The molecule has 2 rings (SSSR count). The van der Waals surface area contributed by atoms with Gasteiger partial charge in [0.15, 0.2) is 5.96 Å². The molecule has 2 heterocycles. The van der Waals surface area contributed by atoms with E-state index in [9.17, 15) is 4.79 Å². The number of rotatable bonds is 3. The van der Waals surface area contributed by atoms with Crippen molar-refractivity contribution in [3.8, 4) is 0 Å². The van der Waals surface area contributed by atoms with Crippen LogP contribution in [0, 0.1) is 5.92 Å². The largest absolute Gasteiger partial charge is 0.342 e. The number of hydrogen-bond acceptors (Lipinski definition) is 3. The number of amides is 1. The van der Waals surface area contributed by atoms with Crippen molar-refractivity contribution < 1.29 is 4.79 Å². The van der Waals surface area contributed by atoms with Gasteiger partial charge in [-0.15, -0.1) is 0 Å². The summed E-state index contributed by atoms with van der Waals surface area (Å²) in [5, 5.41) is 6.21. The first-order valence-corrected chi connectivity index (χ1v) is 7.31. The number of nitrogens with one attached hydrogen (secondary N) is 2. The minimum atomic E-state index is -0.415. The third-order valence-corrected chi connectivity index (χ3v) is 3.74. The molecular weight excluding hydrogens is 240 g/mol. The van der Waals surface area contributed by atoms with E-state index in [0.29, 0.717) is 11.9 Å². The standard InChI is InChI=1S/C14H26N4O/c1-10(2)9-18-7-5-14(6-8-18)12(19)16-13(17-14)15-11(3)4/h10-11H,5-9H2,1-4H3,(H2,15,16,17,19). The Balaban J connectivity index is 1.97. The lowest BCUT2D eigenvalue weighted by molar-refractivity contribution is -0.125. The van der Waals surface area contributed by atoms with Crippen LogP contribution < -0.4 is 10.6 Å². The zero-order valence-corrected chi connectivity index (χ0v) is 12.5. The molecule has 1 amide bonds. The molecule has 0 unspecified atom stereocenters. The van der Waals surface area contributed by atoms with Crippen molar-refractivity contribution in [2.24, 2.45) is 10.9 Å². The van der Waals surface area contributed by atoms with Gasteiger partial charge in [-0.2, -0.15) is 0 Å². The van der Waals surface area contributed by atoms with Gasteiger partial charge in [0.1, 0.15) is 5.54 Å². The fourth-order valence-electron chi connectivity index (χ4n) is 2.85. The van der Waals surface area contributed by atoms with Crippen LogP contribution in [0.15, 0.2) is 4.99 Å². The minimum absolute atomic E-state index is 0.0936. The number of hydrogen-bond donors (Lipinski definition) is 2. The molecule has 0 aliphatic carbocycles. The van der Waals surface area contributed by atoms with E-state index in [1.54, 1.807) is 0 Å². The van der Waals surface area contributed by atoms with Gasteiger partial charge in [-0.05, 0) is 32.6 Å². The van der Waals surface area contributed by atoms with Gasteiger partial charge in [0.25, 0.3) is 5.91 Å². The molecule has 0 saturated carbocycles. The summed E-state index contributed by atoms with van der Waals surface area (Å²) in [5.41, 5.74) is -0.415. The maximum absolute atomic E-state index is 12.2. The summed E-state index contributed by atoms with van der Waals surface area (Å²) in [4.78, 5) is 19.0. The average Bonchev–Trinajstić information content (AvgIpc) is 2.57. The summed E-state index contributed by atoms with van der Waals surface area (Å²) in [7, 11) is 0. The predicted octanol–water partition coefficient (Wildman–Crippen LogP) is 0.961. The molecule has 0 aromatic heterocycles. The molecule has 2 aliphatic rings. The molecule has 1 spiro atoms. The fraction of sp³-hybridized carbons (Fsp3) is 0.857. The first-order chi connectivity index (χ1) is 8.91. The number of piperidine rings is 1. The van der Waals surface area contributed by atoms with Crippen molar-refractivity contribution in [1.29, 1.82) is 0 Å². The third-order valence-electron chi connectivity index (χ3n) is 3.74. The van der Waals surface area contributed by atoms with Crippen LogP contribution in [-0.2, 0) is 4.79 Å². The van der Waals surface area contributed by atoms with E-state index >= 15 is 0 Å². The molecule has 0 atom stereocenters. The third kappa shape index (κ3) is 3.26. The molecule has 2 aliphatic heterocycles. The van der Waals surface area contributed by atoms with E-state index in [4.69, 9.17) is 0 Å². The molecule has 2 saturated heterocycles. The number of likely N-dealkylation sites (tertiary alicyclic amines) is 1. The van der Waals surface area contributed by atoms with E-state index in [0.717, 1.165) is 32.5 Å². The highest BCUT2D eigenvalue weighted by atomic mass is 16.2. The Morgan fingerprint density at radius 3 is 2.42 bits per heavy atom. The van der Waals surface area contributed by atoms with E-state index in [-0.39, 0.29) is 11.9 Å². The monoisotopic (exact) mass is 266 g/mol. The molecule has 0 aromatic carbocycles. The zero-order chi connectivity index (χ0) is 14.0. The van der Waals surface area contributed by atoms with Crippen molar-refractivity contribution >= 4 is 11.9 Å². The highest BCUT2D eigenvalue weighted by molar-refractivity contribution is 6.09. The van der Waals surface area contributed by atoms with E-state index in [2.05, 4.69) is 34.4 Å². The van der Waals surface area contributed by atoms with Gasteiger partial charge in [-0.1, -0.05) is 13.8 Å². The summed E-state index contributed by atoms with van der Waals surface area (Å²) >= 11 is 0. The van der Waals surface area contributed by atoms with Gasteiger partial charge in [0.2, 0.25) is 0 Å². The maximum atomic E-state index is 12.2. The van der Waals surface area contributed by atoms with Crippen LogP contribution in [0.3, 0.4) is 0 Å². The van der Waals surface area contributed by atoms with E-state index in [1.165, 1.54) is 0 Å². The molecule has 0 radical (unpaired) electrons. The van der Waals surface area contributed by atoms with Gasteiger partial charge >= 0.3 is 0 Å². The zero-order valence-electron chi connectivity index (χ0n) is 12.5. The van der Waals surface area contributed by atoms with Crippen LogP contribution in [0.25, 0.3) is 0 Å². The maximum Gasteiger partial charge on any atom is 0.252 e. The molecule has 2 fully saturated rings. The van der Waals surface area contributed by atoms with Gasteiger partial charge in [-0.3, -0.25) is 15.1 Å². The summed E-state index contributed by atoms with van der Waals surface area (Å²) in [6.07, 6.45) is 1.73. The second kappa shape index (κ2) is 5.49. The number of carbonyl (C=O) groups is 1. The van der Waals surface area contributed by atoms with Crippen LogP contribution >= 0.6 is 0 Å². The lowest BCUT2D eigenvalue weighted by Gasteiger charge is -2.37. The van der Waals surface area contributed by atoms with Crippen LogP contribution in [0.1, 0.15) is 40.5 Å². The molecule has 19 heavy (non-hydrogen) atoms. The van der Waals surface area contributed by atoms with Crippen LogP contribution in [0.2, 0.25) is 0 Å². The summed E-state index contributed by atoms with van der Waals surface area (Å²) in [6, 6.07) is 0.194. The number of carbonyl (C=O) groups excluding carboxylic acids is 1. The molecule has 0 bridgehead atoms. The fourth-order valence-corrected chi connectivity index (χ4v) is 2.85. The second-order valence-corrected chi connectivity index (χ2v) is 6.43. The van der Waals surface area contributed by atoms with Crippen molar-refractivity contribution in [1.82, 2.24) is 15.5 Å². The van der Waals surface area contributed by atoms with Crippen molar-refractivity contribution in [2.75, 3.05) is 19.6 Å². The number of aliphatic imine (C=N–C) groups is 1. The first kappa shape index (κ1) is 14.3. The summed E-state index contributed by atoms with van der Waals surface area (Å²) in [5.74, 6) is 1.42. The first-order valence-electron chi connectivity index (χ1n) is 7.31. The Morgan fingerprint density at radius 1 is 1.26 bits per heavy atom.